The van der Waals surface area contributed by atoms with E-state index < -0.39 is 10.8 Å². The molecule has 0 spiro atoms. The molecule has 0 radical (unpaired) electrons. The van der Waals surface area contributed by atoms with Gasteiger partial charge in [0, 0.05) is 4.90 Å². The van der Waals surface area contributed by atoms with Gasteiger partial charge in [0.1, 0.15) is 10.8 Å². The first-order valence-corrected chi connectivity index (χ1v) is 6.89. The highest BCUT2D eigenvalue weighted by Crippen LogP contribution is 2.09. The highest BCUT2D eigenvalue weighted by atomic mass is 32.2. The monoisotopic (exact) mass is 270 g/mol. The number of H-pyrrole nitrogens is 1. The molecule has 0 saturated heterocycles. The van der Waals surface area contributed by atoms with Gasteiger partial charge in [-0.15, -0.1) is 0 Å². The molecule has 2 aromatic rings. The lowest BCUT2D eigenvalue weighted by atomic mass is 10.4. The number of nitrogens with zero attached hydrogens (tertiary/aromatic N) is 1. The number of hydrogen-bond donors (Lipinski definition) is 1. The SMILES string of the molecule is C=C/C=c1/nc(S(=O)c2ccccc2)[nH]/c1=C/C=C. The highest BCUT2D eigenvalue weighted by Gasteiger charge is 2.09. The molecule has 0 saturated carbocycles. The van der Waals surface area contributed by atoms with Gasteiger partial charge in [-0.3, -0.25) is 0 Å². The van der Waals surface area contributed by atoms with Crippen molar-refractivity contribution in [1.29, 1.82) is 0 Å². The average Bonchev–Trinajstić information content (AvgIpc) is 2.83. The van der Waals surface area contributed by atoms with Crippen LogP contribution in [0.3, 0.4) is 0 Å². The van der Waals surface area contributed by atoms with Crippen LogP contribution in [-0.2, 0) is 10.8 Å². The first-order chi connectivity index (χ1) is 9.26. The lowest BCUT2D eigenvalue weighted by Gasteiger charge is -1.96. The summed E-state index contributed by atoms with van der Waals surface area (Å²) in [5.74, 6) is 0. The fourth-order valence-corrected chi connectivity index (χ4v) is 2.62. The Hall–Kier alpha value is -2.20. The maximum atomic E-state index is 12.4. The normalized spacial score (nSPS) is 14.3. The fraction of sp³-hybridized carbons (Fsp3) is 0. The maximum Gasteiger partial charge on any atom is 0.202 e. The number of nitrogens with one attached hydrogen (secondary N) is 1. The largest absolute Gasteiger partial charge is 0.331 e. The van der Waals surface area contributed by atoms with E-state index in [0.717, 1.165) is 5.35 Å². The molecule has 0 aliphatic rings. The minimum atomic E-state index is -1.32. The third kappa shape index (κ3) is 2.98. The van der Waals surface area contributed by atoms with Crippen LogP contribution in [0.4, 0.5) is 0 Å². The standard InChI is InChI=1S/C15H14N2OS/c1-3-8-13-14(9-4-2)17-15(16-13)19(18)12-10-6-5-7-11-12/h3-11H,1-2H2,(H,16,17)/b13-8+,14-9+. The van der Waals surface area contributed by atoms with E-state index in [0.29, 0.717) is 15.4 Å². The van der Waals surface area contributed by atoms with Gasteiger partial charge in [0.15, 0.2) is 0 Å². The van der Waals surface area contributed by atoms with Crippen LogP contribution in [0, 0.1) is 0 Å². The Balaban J connectivity index is 2.54. The van der Waals surface area contributed by atoms with Gasteiger partial charge >= 0.3 is 0 Å². The molecule has 0 fully saturated rings. The topological polar surface area (TPSA) is 45.8 Å². The predicted molar refractivity (Wildman–Crippen MR) is 78.3 cm³/mol. The Morgan fingerprint density at radius 1 is 1.11 bits per heavy atom. The molecule has 19 heavy (non-hydrogen) atoms. The summed E-state index contributed by atoms with van der Waals surface area (Å²) in [5.41, 5.74) is 0. The van der Waals surface area contributed by atoms with Crippen molar-refractivity contribution in [3.05, 3.63) is 66.3 Å². The molecule has 4 heteroatoms. The zero-order valence-corrected chi connectivity index (χ0v) is 11.2. The van der Waals surface area contributed by atoms with Crippen LogP contribution < -0.4 is 10.7 Å². The molecule has 1 N–H and O–H groups in total. The number of imidazole rings is 1. The van der Waals surface area contributed by atoms with Gasteiger partial charge in [-0.05, 0) is 24.3 Å². The molecule has 1 aromatic heterocycles. The highest BCUT2D eigenvalue weighted by molar-refractivity contribution is 7.84. The molecule has 96 valence electrons. The van der Waals surface area contributed by atoms with Crippen LogP contribution in [0.15, 0.2) is 65.7 Å². The molecule has 2 rings (SSSR count). The van der Waals surface area contributed by atoms with Gasteiger partial charge in [0.05, 0.1) is 10.7 Å². The number of allylic oxidation sites excluding steroid dienone is 2. The summed E-state index contributed by atoms with van der Waals surface area (Å²) in [6, 6.07) is 9.21. The first-order valence-electron chi connectivity index (χ1n) is 5.74. The third-order valence-corrected chi connectivity index (χ3v) is 3.68. The van der Waals surface area contributed by atoms with E-state index in [1.807, 2.05) is 30.3 Å². The maximum absolute atomic E-state index is 12.4. The molecule has 1 heterocycles. The van der Waals surface area contributed by atoms with Crippen molar-refractivity contribution in [3.63, 3.8) is 0 Å². The minimum Gasteiger partial charge on any atom is -0.331 e. The Kier molecular flexibility index (Phi) is 4.26. The van der Waals surface area contributed by atoms with Crippen LogP contribution >= 0.6 is 0 Å². The van der Waals surface area contributed by atoms with Crippen LogP contribution in [0.2, 0.25) is 0 Å². The van der Waals surface area contributed by atoms with E-state index >= 15 is 0 Å². The summed E-state index contributed by atoms with van der Waals surface area (Å²) in [4.78, 5) is 8.10. The second kappa shape index (κ2) is 6.11. The fourth-order valence-electron chi connectivity index (χ4n) is 1.60. The minimum absolute atomic E-state index is 0.424. The Morgan fingerprint density at radius 2 is 1.79 bits per heavy atom. The number of aromatic nitrogens is 2. The summed E-state index contributed by atoms with van der Waals surface area (Å²) in [5, 5.41) is 1.90. The van der Waals surface area contributed by atoms with Crippen molar-refractivity contribution in [1.82, 2.24) is 9.97 Å². The van der Waals surface area contributed by atoms with E-state index in [2.05, 4.69) is 23.1 Å². The zero-order chi connectivity index (χ0) is 13.7. The number of benzene rings is 1. The Bertz CT molecular complexity index is 692. The first kappa shape index (κ1) is 13.2. The van der Waals surface area contributed by atoms with Crippen molar-refractivity contribution in [2.45, 2.75) is 10.1 Å². The van der Waals surface area contributed by atoms with Crippen LogP contribution in [0.5, 0.6) is 0 Å². The molecule has 3 nitrogen and oxygen atoms in total. The summed E-state index contributed by atoms with van der Waals surface area (Å²) < 4.78 is 12.4. The Morgan fingerprint density at radius 3 is 2.42 bits per heavy atom. The smallest absolute Gasteiger partial charge is 0.202 e. The van der Waals surface area contributed by atoms with E-state index in [1.54, 1.807) is 24.3 Å². The summed E-state index contributed by atoms with van der Waals surface area (Å²) >= 11 is 0. The van der Waals surface area contributed by atoms with Crippen molar-refractivity contribution < 1.29 is 4.21 Å². The third-order valence-electron chi connectivity index (χ3n) is 2.43. The molecule has 0 aliphatic heterocycles. The van der Waals surface area contributed by atoms with Gasteiger partial charge < -0.3 is 4.98 Å². The number of aromatic amines is 1. The summed E-state index contributed by atoms with van der Waals surface area (Å²) in [7, 11) is -1.32. The van der Waals surface area contributed by atoms with Gasteiger partial charge in [0.2, 0.25) is 5.16 Å². The zero-order valence-electron chi connectivity index (χ0n) is 10.4. The lowest BCUT2D eigenvalue weighted by molar-refractivity contribution is 0.677. The quantitative estimate of drug-likeness (QED) is 0.915. The lowest BCUT2D eigenvalue weighted by Crippen LogP contribution is -2.23. The molecule has 1 unspecified atom stereocenters. The van der Waals surface area contributed by atoms with E-state index in [9.17, 15) is 4.21 Å². The summed E-state index contributed by atoms with van der Waals surface area (Å²) in [6.45, 7) is 7.30. The second-order valence-electron chi connectivity index (χ2n) is 3.73. The van der Waals surface area contributed by atoms with E-state index in [1.165, 1.54) is 0 Å². The van der Waals surface area contributed by atoms with Crippen molar-refractivity contribution in [2.75, 3.05) is 0 Å². The van der Waals surface area contributed by atoms with Gasteiger partial charge in [-0.25, -0.2) is 9.19 Å². The predicted octanol–water partition coefficient (Wildman–Crippen LogP) is 1.51. The van der Waals surface area contributed by atoms with Gasteiger partial charge in [-0.2, -0.15) is 0 Å². The molecule has 0 aliphatic carbocycles. The van der Waals surface area contributed by atoms with Crippen LogP contribution in [0.1, 0.15) is 0 Å². The van der Waals surface area contributed by atoms with Crippen molar-refractivity contribution in [2.24, 2.45) is 0 Å². The van der Waals surface area contributed by atoms with Crippen molar-refractivity contribution >= 4 is 23.0 Å². The molecular weight excluding hydrogens is 256 g/mol. The van der Waals surface area contributed by atoms with Crippen molar-refractivity contribution in [3.8, 4) is 0 Å². The van der Waals surface area contributed by atoms with Crippen LogP contribution in [-0.4, -0.2) is 14.2 Å². The second-order valence-corrected chi connectivity index (χ2v) is 5.12. The summed E-state index contributed by atoms with van der Waals surface area (Å²) in [6.07, 6.45) is 6.85. The molecule has 0 bridgehead atoms. The van der Waals surface area contributed by atoms with E-state index in [4.69, 9.17) is 0 Å². The molecule has 0 amide bonds. The molecule has 1 atom stereocenters. The number of rotatable bonds is 4. The van der Waals surface area contributed by atoms with Crippen LogP contribution in [0.25, 0.3) is 12.2 Å². The Labute approximate surface area is 114 Å². The number of hydrogen-bond acceptors (Lipinski definition) is 2. The average molecular weight is 270 g/mol. The molecule has 1 aromatic carbocycles. The van der Waals surface area contributed by atoms with Gasteiger partial charge in [0.25, 0.3) is 0 Å². The van der Waals surface area contributed by atoms with Gasteiger partial charge in [-0.1, -0.05) is 43.5 Å². The molecular formula is C15H14N2OS. The van der Waals surface area contributed by atoms with E-state index in [-0.39, 0.29) is 0 Å².